The number of methoxy groups -OCH3 is 2. The number of amides is 4. The van der Waals surface area contributed by atoms with Crippen LogP contribution >= 0.6 is 0 Å². The lowest BCUT2D eigenvalue weighted by Gasteiger charge is -2.34. The van der Waals surface area contributed by atoms with Crippen LogP contribution in [0.15, 0.2) is 73.1 Å². The number of H-pyrrole nitrogens is 2. The molecule has 3 aliphatic heterocycles. The number of nitrogens with zero attached hydrogens (tertiary/aromatic N) is 4. The summed E-state index contributed by atoms with van der Waals surface area (Å²) < 4.78 is 15.2. The molecule has 4 N–H and O–H groups in total. The third-order valence-electron chi connectivity index (χ3n) is 12.4. The van der Waals surface area contributed by atoms with Gasteiger partial charge in [-0.1, -0.05) is 62.4 Å². The van der Waals surface area contributed by atoms with E-state index in [9.17, 15) is 19.2 Å². The quantitative estimate of drug-likeness (QED) is 0.107. The van der Waals surface area contributed by atoms with Gasteiger partial charge in [-0.2, -0.15) is 0 Å². The van der Waals surface area contributed by atoms with Crippen LogP contribution in [0.5, 0.6) is 0 Å². The van der Waals surface area contributed by atoms with Gasteiger partial charge >= 0.3 is 12.2 Å². The van der Waals surface area contributed by atoms with Crippen LogP contribution in [0.2, 0.25) is 0 Å². The molecule has 5 aromatic rings. The number of hydrogen-bond acceptors (Lipinski definition) is 9. The number of carbonyl (C=O) groups excluding carboxylic acids is 4. The van der Waals surface area contributed by atoms with Crippen LogP contribution in [0.3, 0.4) is 0 Å². The van der Waals surface area contributed by atoms with Crippen molar-refractivity contribution in [3.63, 3.8) is 0 Å². The van der Waals surface area contributed by atoms with E-state index in [2.05, 4.69) is 81.3 Å². The molecule has 0 unspecified atom stereocenters. The van der Waals surface area contributed by atoms with Crippen LogP contribution in [0.4, 0.5) is 9.59 Å². The fraction of sp³-hybridized carbons (Fsp3) is 0.435. The minimum atomic E-state index is -0.690. The van der Waals surface area contributed by atoms with Crippen LogP contribution in [0.1, 0.15) is 76.1 Å². The smallest absolute Gasteiger partial charge is 0.407 e. The number of hydrogen-bond donors (Lipinski definition) is 4. The van der Waals surface area contributed by atoms with Crippen molar-refractivity contribution in [1.82, 2.24) is 40.4 Å². The summed E-state index contributed by atoms with van der Waals surface area (Å²) in [5.41, 5.74) is 5.88. The van der Waals surface area contributed by atoms with E-state index in [-0.39, 0.29) is 35.7 Å². The van der Waals surface area contributed by atoms with Gasteiger partial charge in [-0.15, -0.1) is 0 Å². The van der Waals surface area contributed by atoms with E-state index in [1.807, 2.05) is 36.0 Å². The zero-order valence-electron chi connectivity index (χ0n) is 35.1. The molecule has 3 aliphatic rings. The van der Waals surface area contributed by atoms with Gasteiger partial charge < -0.3 is 44.6 Å². The Morgan fingerprint density at radius 3 is 1.77 bits per heavy atom. The summed E-state index contributed by atoms with van der Waals surface area (Å²) in [5, 5.41) is 7.71. The molecule has 2 aromatic heterocycles. The second-order valence-electron chi connectivity index (χ2n) is 16.5. The molecule has 0 radical (unpaired) electrons. The van der Waals surface area contributed by atoms with E-state index >= 15 is 0 Å². The number of benzene rings is 3. The molecular weight excluding hydrogens is 777 g/mol. The Kier molecular flexibility index (Phi) is 12.4. The first-order valence-corrected chi connectivity index (χ1v) is 21.2. The summed E-state index contributed by atoms with van der Waals surface area (Å²) in [6, 6.07) is 19.3. The van der Waals surface area contributed by atoms with Crippen molar-refractivity contribution in [2.75, 3.05) is 40.5 Å². The first-order valence-electron chi connectivity index (χ1n) is 21.2. The van der Waals surface area contributed by atoms with Crippen molar-refractivity contribution in [3.05, 3.63) is 84.7 Å². The van der Waals surface area contributed by atoms with Gasteiger partial charge in [0.2, 0.25) is 11.8 Å². The predicted octanol–water partition coefficient (Wildman–Crippen LogP) is 7.15. The minimum Gasteiger partial charge on any atom is -0.453 e. The topological polar surface area (TPSA) is 184 Å². The third kappa shape index (κ3) is 8.83. The van der Waals surface area contributed by atoms with Crippen molar-refractivity contribution in [1.29, 1.82) is 0 Å². The molecule has 15 heteroatoms. The molecular formula is C46H54N8O7. The van der Waals surface area contributed by atoms with Gasteiger partial charge in [0, 0.05) is 31.9 Å². The van der Waals surface area contributed by atoms with Crippen molar-refractivity contribution < 1.29 is 33.4 Å². The van der Waals surface area contributed by atoms with Crippen LogP contribution in [-0.4, -0.2) is 106 Å². The average molecular weight is 831 g/mol. The lowest BCUT2D eigenvalue weighted by atomic mass is 9.90. The molecule has 61 heavy (non-hydrogen) atoms. The van der Waals surface area contributed by atoms with E-state index in [4.69, 9.17) is 24.2 Å². The fourth-order valence-electron chi connectivity index (χ4n) is 9.04. The maximum Gasteiger partial charge on any atom is 0.407 e. The van der Waals surface area contributed by atoms with E-state index in [0.29, 0.717) is 39.1 Å². The molecule has 5 heterocycles. The Balaban J connectivity index is 0.935. The summed E-state index contributed by atoms with van der Waals surface area (Å²) in [6.07, 6.45) is 7.05. The number of likely N-dealkylation sites (tertiary alicyclic amines) is 2. The summed E-state index contributed by atoms with van der Waals surface area (Å²) >= 11 is 0. The van der Waals surface area contributed by atoms with Gasteiger partial charge in [-0.05, 0) is 90.0 Å². The van der Waals surface area contributed by atoms with Gasteiger partial charge in [0.15, 0.2) is 0 Å². The van der Waals surface area contributed by atoms with E-state index in [1.165, 1.54) is 14.2 Å². The van der Waals surface area contributed by atoms with Gasteiger partial charge in [-0.3, -0.25) is 9.59 Å². The molecule has 0 saturated carbocycles. The molecule has 3 saturated heterocycles. The number of rotatable bonds is 11. The second kappa shape index (κ2) is 18.2. The van der Waals surface area contributed by atoms with Crippen LogP contribution in [0.25, 0.3) is 44.4 Å². The van der Waals surface area contributed by atoms with E-state index in [0.717, 1.165) is 81.7 Å². The average Bonchev–Trinajstić information content (AvgIpc) is 4.14. The lowest BCUT2D eigenvalue weighted by Crippen LogP contribution is -2.53. The van der Waals surface area contributed by atoms with Crippen LogP contribution < -0.4 is 10.6 Å². The number of aromatic amines is 2. The Morgan fingerprint density at radius 2 is 1.18 bits per heavy atom. The van der Waals surface area contributed by atoms with Crippen LogP contribution in [-0.2, 0) is 23.8 Å². The number of fused-ring (bicyclic) bond motifs is 1. The molecule has 3 aromatic carbocycles. The largest absolute Gasteiger partial charge is 0.453 e. The number of alkyl carbamates (subject to hydrolysis) is 2. The van der Waals surface area contributed by atoms with Crippen molar-refractivity contribution in [2.45, 2.75) is 76.5 Å². The number of carbonyl (C=O) groups is 4. The first kappa shape index (κ1) is 41.5. The van der Waals surface area contributed by atoms with Crippen molar-refractivity contribution in [3.8, 4) is 33.6 Å². The van der Waals surface area contributed by atoms with E-state index in [1.54, 1.807) is 0 Å². The number of aromatic nitrogens is 4. The molecule has 3 fully saturated rings. The Morgan fingerprint density at radius 1 is 0.672 bits per heavy atom. The van der Waals surface area contributed by atoms with Gasteiger partial charge in [0.1, 0.15) is 23.7 Å². The standard InChI is InChI=1S/C46H54N8O7/c1-27(2)39(51-45(57)59-3)43(55)53-19-5-7-37(53)42-48-26-36(50-42)34-16-15-32-23-31(13-14-33(32)24-34)28-9-11-29(12-10-28)35-25-47-41(49-35)38-8-6-20-54(38)44(56)40(52-46(58)60-4)30-17-21-61-22-18-30/h9-16,23-27,30,37-40H,5-8,17-22H2,1-4H3,(H,47,49)(H,48,50)(H,51,57)(H,52,58)/t37-,38-,39-,40-/m0/s1. The predicted molar refractivity (Wildman–Crippen MR) is 229 cm³/mol. The lowest BCUT2D eigenvalue weighted by molar-refractivity contribution is -0.137. The second-order valence-corrected chi connectivity index (χ2v) is 16.5. The molecule has 0 aliphatic carbocycles. The molecule has 8 rings (SSSR count). The van der Waals surface area contributed by atoms with E-state index < -0.39 is 24.3 Å². The number of nitrogens with one attached hydrogen (secondary N) is 4. The highest BCUT2D eigenvalue weighted by atomic mass is 16.5. The molecule has 0 spiro atoms. The Bertz CT molecular complexity index is 2370. The zero-order valence-corrected chi connectivity index (χ0v) is 35.1. The van der Waals surface area contributed by atoms with Crippen molar-refractivity contribution >= 4 is 34.8 Å². The SMILES string of the molecule is COC(=O)N[C@H](C(=O)N1CCC[C@H]1c1ncc(-c2ccc3cc(-c4ccc(-c5cnc([C@@H]6CCCN6C(=O)[C@@H](NC(=O)OC)C6CCOCC6)[nH]5)cc4)ccc3c2)[nH]1)C(C)C. The summed E-state index contributed by atoms with van der Waals surface area (Å²) in [4.78, 5) is 71.9. The Labute approximate surface area is 354 Å². The van der Waals surface area contributed by atoms with Gasteiger partial charge in [0.05, 0.1) is 50.1 Å². The third-order valence-corrected chi connectivity index (χ3v) is 12.4. The van der Waals surface area contributed by atoms with Gasteiger partial charge in [-0.25, -0.2) is 19.6 Å². The molecule has 15 nitrogen and oxygen atoms in total. The highest BCUT2D eigenvalue weighted by Gasteiger charge is 2.40. The molecule has 4 amide bonds. The first-order chi connectivity index (χ1) is 29.6. The monoisotopic (exact) mass is 830 g/mol. The highest BCUT2D eigenvalue weighted by molar-refractivity contribution is 5.91. The van der Waals surface area contributed by atoms with Crippen LogP contribution in [0, 0.1) is 11.8 Å². The molecule has 0 bridgehead atoms. The Hall–Kier alpha value is -6.22. The summed E-state index contributed by atoms with van der Waals surface area (Å²) in [5.74, 6) is 1.07. The maximum atomic E-state index is 14.0. The van der Waals surface area contributed by atoms with Crippen molar-refractivity contribution in [2.24, 2.45) is 11.8 Å². The molecule has 4 atom stereocenters. The summed E-state index contributed by atoms with van der Waals surface area (Å²) in [6.45, 7) is 6.12. The zero-order chi connectivity index (χ0) is 42.6. The van der Waals surface area contributed by atoms with Gasteiger partial charge in [0.25, 0.3) is 0 Å². The minimum absolute atomic E-state index is 0.0265. The number of imidazole rings is 2. The molecule has 320 valence electrons. The maximum absolute atomic E-state index is 14.0. The highest BCUT2D eigenvalue weighted by Crippen LogP contribution is 2.36. The summed E-state index contributed by atoms with van der Waals surface area (Å²) in [7, 11) is 2.60. The normalized spacial score (nSPS) is 19.2. The fourth-order valence-corrected chi connectivity index (χ4v) is 9.04. The number of ether oxygens (including phenoxy) is 3.